The molecule has 0 fully saturated rings. The van der Waals surface area contributed by atoms with Crippen molar-refractivity contribution in [3.05, 3.63) is 52.5 Å². The van der Waals surface area contributed by atoms with Gasteiger partial charge < -0.3 is 20.1 Å². The van der Waals surface area contributed by atoms with E-state index in [-0.39, 0.29) is 12.5 Å². The zero-order valence-corrected chi connectivity index (χ0v) is 15.4. The summed E-state index contributed by atoms with van der Waals surface area (Å²) in [5, 5.41) is 6.61. The summed E-state index contributed by atoms with van der Waals surface area (Å²) in [7, 11) is 3.21. The fraction of sp³-hybridized carbons (Fsp3) is 0.316. The summed E-state index contributed by atoms with van der Waals surface area (Å²) in [5.74, 6) is 1.34. The van der Waals surface area contributed by atoms with Gasteiger partial charge in [-0.25, -0.2) is 0 Å². The molecule has 0 aliphatic rings. The maximum atomic E-state index is 12.0. The van der Waals surface area contributed by atoms with Gasteiger partial charge in [0.05, 0.1) is 26.5 Å². The number of methoxy groups -OCH3 is 2. The van der Waals surface area contributed by atoms with Crippen molar-refractivity contribution < 1.29 is 14.3 Å². The van der Waals surface area contributed by atoms with Crippen LogP contribution >= 0.6 is 11.6 Å². The molecule has 2 rings (SSSR count). The highest BCUT2D eigenvalue weighted by Crippen LogP contribution is 2.30. The SMILES string of the molecule is COc1cccc(CCNC(=O)CNc2cc(C)c(Cl)cc2OC)c1. The van der Waals surface area contributed by atoms with Gasteiger partial charge in [0.25, 0.3) is 0 Å². The lowest BCUT2D eigenvalue weighted by molar-refractivity contribution is -0.119. The van der Waals surface area contributed by atoms with Gasteiger partial charge in [-0.3, -0.25) is 4.79 Å². The molecule has 0 unspecified atom stereocenters. The lowest BCUT2D eigenvalue weighted by atomic mass is 10.1. The molecule has 0 spiro atoms. The first-order valence-electron chi connectivity index (χ1n) is 8.01. The maximum absolute atomic E-state index is 12.0. The number of rotatable bonds is 8. The highest BCUT2D eigenvalue weighted by Gasteiger charge is 2.08. The van der Waals surface area contributed by atoms with Gasteiger partial charge in [-0.15, -0.1) is 0 Å². The van der Waals surface area contributed by atoms with Crippen LogP contribution in [0.4, 0.5) is 5.69 Å². The van der Waals surface area contributed by atoms with Crippen LogP contribution in [0.25, 0.3) is 0 Å². The smallest absolute Gasteiger partial charge is 0.239 e. The summed E-state index contributed by atoms with van der Waals surface area (Å²) in [6, 6.07) is 11.4. The Morgan fingerprint density at radius 3 is 2.68 bits per heavy atom. The molecule has 0 saturated heterocycles. The maximum Gasteiger partial charge on any atom is 0.239 e. The number of anilines is 1. The Balaban J connectivity index is 1.82. The minimum atomic E-state index is -0.0856. The summed E-state index contributed by atoms with van der Waals surface area (Å²) in [4.78, 5) is 12.0. The van der Waals surface area contributed by atoms with E-state index in [0.717, 1.165) is 29.0 Å². The Kier molecular flexibility index (Phi) is 6.95. The molecule has 5 nitrogen and oxygen atoms in total. The number of aryl methyl sites for hydroxylation is 1. The molecule has 0 atom stereocenters. The van der Waals surface area contributed by atoms with Crippen LogP contribution < -0.4 is 20.1 Å². The van der Waals surface area contributed by atoms with Crippen LogP contribution in [0.1, 0.15) is 11.1 Å². The van der Waals surface area contributed by atoms with E-state index in [9.17, 15) is 4.79 Å². The molecule has 2 N–H and O–H groups in total. The second-order valence-corrected chi connectivity index (χ2v) is 6.01. The summed E-state index contributed by atoms with van der Waals surface area (Å²) >= 11 is 6.08. The molecule has 2 aromatic rings. The molecule has 25 heavy (non-hydrogen) atoms. The van der Waals surface area contributed by atoms with E-state index in [4.69, 9.17) is 21.1 Å². The highest BCUT2D eigenvalue weighted by molar-refractivity contribution is 6.31. The van der Waals surface area contributed by atoms with Gasteiger partial charge in [0.15, 0.2) is 0 Å². The Morgan fingerprint density at radius 1 is 1.16 bits per heavy atom. The zero-order valence-electron chi connectivity index (χ0n) is 14.7. The largest absolute Gasteiger partial charge is 0.497 e. The average Bonchev–Trinajstić information content (AvgIpc) is 2.62. The first-order chi connectivity index (χ1) is 12.0. The lowest BCUT2D eigenvalue weighted by Crippen LogP contribution is -2.31. The summed E-state index contributed by atoms with van der Waals surface area (Å²) in [6.07, 6.45) is 0.742. The summed E-state index contributed by atoms with van der Waals surface area (Å²) in [5.41, 5.74) is 2.78. The standard InChI is InChI=1S/C19H23ClN2O3/c1-13-9-17(18(25-3)11-16(13)20)22-12-19(23)21-8-7-14-5-4-6-15(10-14)24-2/h4-6,9-11,22H,7-8,12H2,1-3H3,(H,21,23). The van der Waals surface area contributed by atoms with Crippen molar-refractivity contribution >= 4 is 23.2 Å². The van der Waals surface area contributed by atoms with Gasteiger partial charge in [0, 0.05) is 17.6 Å². The highest BCUT2D eigenvalue weighted by atomic mass is 35.5. The molecule has 6 heteroatoms. The van der Waals surface area contributed by atoms with E-state index in [1.807, 2.05) is 37.3 Å². The first-order valence-corrected chi connectivity index (χ1v) is 8.39. The number of carbonyl (C=O) groups is 1. The number of benzene rings is 2. The second kappa shape index (κ2) is 9.18. The summed E-state index contributed by atoms with van der Waals surface area (Å²) < 4.78 is 10.5. The topological polar surface area (TPSA) is 59.6 Å². The fourth-order valence-corrected chi connectivity index (χ4v) is 2.54. The van der Waals surface area contributed by atoms with E-state index in [1.54, 1.807) is 20.3 Å². The third kappa shape index (κ3) is 5.57. The predicted octanol–water partition coefficient (Wildman–Crippen LogP) is 3.44. The fourth-order valence-electron chi connectivity index (χ4n) is 2.38. The Hall–Kier alpha value is -2.40. The molecule has 2 aromatic carbocycles. The van der Waals surface area contributed by atoms with Crippen molar-refractivity contribution in [1.82, 2.24) is 5.32 Å². The number of ether oxygens (including phenoxy) is 2. The minimum absolute atomic E-state index is 0.0856. The molecule has 0 bridgehead atoms. The number of carbonyl (C=O) groups excluding carboxylic acids is 1. The van der Waals surface area contributed by atoms with Crippen LogP contribution in [0.3, 0.4) is 0 Å². The molecule has 0 aromatic heterocycles. The molecular formula is C19H23ClN2O3. The quantitative estimate of drug-likeness (QED) is 0.755. The van der Waals surface area contributed by atoms with E-state index in [2.05, 4.69) is 10.6 Å². The lowest BCUT2D eigenvalue weighted by Gasteiger charge is -2.13. The van der Waals surface area contributed by atoms with E-state index < -0.39 is 0 Å². The van der Waals surface area contributed by atoms with Gasteiger partial charge >= 0.3 is 0 Å². The molecule has 134 valence electrons. The Labute approximate surface area is 153 Å². The number of nitrogens with one attached hydrogen (secondary N) is 2. The molecule has 0 saturated carbocycles. The van der Waals surface area contributed by atoms with Gasteiger partial charge in [0.2, 0.25) is 5.91 Å². The van der Waals surface area contributed by atoms with Crippen molar-refractivity contribution in [1.29, 1.82) is 0 Å². The Bertz CT molecular complexity index is 735. The molecule has 1 amide bonds. The van der Waals surface area contributed by atoms with E-state index >= 15 is 0 Å². The van der Waals surface area contributed by atoms with Crippen LogP contribution in [0, 0.1) is 6.92 Å². The van der Waals surface area contributed by atoms with Crippen LogP contribution in [0.2, 0.25) is 5.02 Å². The third-order valence-electron chi connectivity index (χ3n) is 3.79. The van der Waals surface area contributed by atoms with Gasteiger partial charge in [0.1, 0.15) is 11.5 Å². The third-order valence-corrected chi connectivity index (χ3v) is 4.20. The molecule has 0 radical (unpaired) electrons. The zero-order chi connectivity index (χ0) is 18.2. The van der Waals surface area contributed by atoms with Gasteiger partial charge in [-0.05, 0) is 42.7 Å². The number of hydrogen-bond acceptors (Lipinski definition) is 4. The Morgan fingerprint density at radius 2 is 1.96 bits per heavy atom. The first kappa shape index (κ1) is 18.9. The van der Waals surface area contributed by atoms with Gasteiger partial charge in [-0.1, -0.05) is 23.7 Å². The van der Waals surface area contributed by atoms with Crippen molar-refractivity contribution in [2.24, 2.45) is 0 Å². The number of hydrogen-bond donors (Lipinski definition) is 2. The molecule has 0 aliphatic heterocycles. The predicted molar refractivity (Wildman–Crippen MR) is 101 cm³/mol. The van der Waals surface area contributed by atoms with Crippen LogP contribution in [-0.4, -0.2) is 33.2 Å². The minimum Gasteiger partial charge on any atom is -0.497 e. The normalized spacial score (nSPS) is 10.2. The molecule has 0 heterocycles. The molecular weight excluding hydrogens is 340 g/mol. The number of halogens is 1. The average molecular weight is 363 g/mol. The van der Waals surface area contributed by atoms with Crippen LogP contribution in [-0.2, 0) is 11.2 Å². The van der Waals surface area contributed by atoms with E-state index in [0.29, 0.717) is 17.3 Å². The van der Waals surface area contributed by atoms with Crippen molar-refractivity contribution in [2.75, 3.05) is 32.6 Å². The number of amides is 1. The monoisotopic (exact) mass is 362 g/mol. The van der Waals surface area contributed by atoms with Crippen molar-refractivity contribution in [3.63, 3.8) is 0 Å². The van der Waals surface area contributed by atoms with Crippen molar-refractivity contribution in [3.8, 4) is 11.5 Å². The second-order valence-electron chi connectivity index (χ2n) is 5.61. The van der Waals surface area contributed by atoms with Crippen molar-refractivity contribution in [2.45, 2.75) is 13.3 Å². The van der Waals surface area contributed by atoms with Gasteiger partial charge in [-0.2, -0.15) is 0 Å². The summed E-state index contributed by atoms with van der Waals surface area (Å²) in [6.45, 7) is 2.63. The van der Waals surface area contributed by atoms with Crippen LogP contribution in [0.15, 0.2) is 36.4 Å². The van der Waals surface area contributed by atoms with Crippen LogP contribution in [0.5, 0.6) is 11.5 Å². The van der Waals surface area contributed by atoms with E-state index in [1.165, 1.54) is 0 Å². The molecule has 0 aliphatic carbocycles.